The maximum atomic E-state index is 13.4. The molecule has 7 heteroatoms. The molecule has 1 amide bonds. The number of carbonyl (C=O) groups excluding carboxylic acids is 1. The zero-order chi connectivity index (χ0) is 14.5. The third kappa shape index (κ3) is 3.58. The van der Waals surface area contributed by atoms with Crippen molar-refractivity contribution in [3.05, 3.63) is 47.1 Å². The lowest BCUT2D eigenvalue weighted by molar-refractivity contribution is -0.113. The number of carboxylic acid groups (broad SMARTS) is 1. The Bertz CT molecular complexity index is 642. The normalized spacial score (nSPS) is 10.2. The standard InChI is InChI=1S/C13H10FNO3S2/c14-9-3-1-2-4-10(9)20-7-11(16)15-12-8(13(17)18)5-6-19-12/h1-6H,7H2,(H,15,16)(H,17,18). The molecule has 0 saturated carbocycles. The van der Waals surface area contributed by atoms with Crippen molar-refractivity contribution in [1.29, 1.82) is 0 Å². The summed E-state index contributed by atoms with van der Waals surface area (Å²) in [6, 6.07) is 7.59. The van der Waals surface area contributed by atoms with E-state index in [2.05, 4.69) is 5.32 Å². The van der Waals surface area contributed by atoms with Gasteiger partial charge in [0, 0.05) is 4.90 Å². The van der Waals surface area contributed by atoms with Gasteiger partial charge >= 0.3 is 5.97 Å². The average Bonchev–Trinajstić information content (AvgIpc) is 2.86. The number of aromatic carboxylic acids is 1. The Morgan fingerprint density at radius 3 is 2.75 bits per heavy atom. The van der Waals surface area contributed by atoms with Crippen LogP contribution in [-0.4, -0.2) is 22.7 Å². The van der Waals surface area contributed by atoms with Crippen molar-refractivity contribution in [3.8, 4) is 0 Å². The third-order valence-corrected chi connectivity index (χ3v) is 4.22. The molecule has 4 nitrogen and oxygen atoms in total. The highest BCUT2D eigenvalue weighted by molar-refractivity contribution is 8.00. The molecular formula is C13H10FNO3S2. The number of anilines is 1. The van der Waals surface area contributed by atoms with Gasteiger partial charge in [0.25, 0.3) is 0 Å². The molecule has 1 heterocycles. The van der Waals surface area contributed by atoms with E-state index in [1.807, 2.05) is 0 Å². The Morgan fingerprint density at radius 2 is 2.05 bits per heavy atom. The summed E-state index contributed by atoms with van der Waals surface area (Å²) in [5, 5.41) is 13.3. The van der Waals surface area contributed by atoms with Crippen molar-refractivity contribution in [3.63, 3.8) is 0 Å². The molecule has 2 N–H and O–H groups in total. The van der Waals surface area contributed by atoms with Gasteiger partial charge in [-0.15, -0.1) is 23.1 Å². The van der Waals surface area contributed by atoms with Crippen LogP contribution in [0.1, 0.15) is 10.4 Å². The van der Waals surface area contributed by atoms with Gasteiger partial charge in [-0.25, -0.2) is 9.18 Å². The molecule has 0 fully saturated rings. The summed E-state index contributed by atoms with van der Waals surface area (Å²) in [6.07, 6.45) is 0. The maximum absolute atomic E-state index is 13.4. The molecule has 104 valence electrons. The van der Waals surface area contributed by atoms with E-state index in [4.69, 9.17) is 5.11 Å². The van der Waals surface area contributed by atoms with E-state index in [0.717, 1.165) is 23.1 Å². The van der Waals surface area contributed by atoms with Gasteiger partial charge in [0.1, 0.15) is 10.8 Å². The predicted molar refractivity (Wildman–Crippen MR) is 77.0 cm³/mol. The van der Waals surface area contributed by atoms with Crippen LogP contribution in [0, 0.1) is 5.82 Å². The summed E-state index contributed by atoms with van der Waals surface area (Å²) in [5.41, 5.74) is 0.0549. The molecule has 1 aromatic carbocycles. The van der Waals surface area contributed by atoms with Gasteiger partial charge in [0.05, 0.1) is 11.3 Å². The van der Waals surface area contributed by atoms with Crippen LogP contribution >= 0.6 is 23.1 Å². The Balaban J connectivity index is 1.95. The quantitative estimate of drug-likeness (QED) is 0.831. The molecule has 2 rings (SSSR count). The number of hydrogen-bond acceptors (Lipinski definition) is 4. The van der Waals surface area contributed by atoms with Gasteiger partial charge in [0.2, 0.25) is 5.91 Å². The fourth-order valence-electron chi connectivity index (χ4n) is 1.44. The largest absolute Gasteiger partial charge is 0.478 e. The maximum Gasteiger partial charge on any atom is 0.338 e. The van der Waals surface area contributed by atoms with Crippen LogP contribution in [0.5, 0.6) is 0 Å². The molecule has 2 aromatic rings. The van der Waals surface area contributed by atoms with E-state index in [1.165, 1.54) is 12.1 Å². The first-order valence-electron chi connectivity index (χ1n) is 5.56. The number of thiophene rings is 1. The highest BCUT2D eigenvalue weighted by Gasteiger charge is 2.14. The zero-order valence-corrected chi connectivity index (χ0v) is 11.8. The number of thioether (sulfide) groups is 1. The molecule has 0 radical (unpaired) electrons. The molecule has 1 aromatic heterocycles. The Kier molecular flexibility index (Phi) is 4.75. The number of rotatable bonds is 5. The number of nitrogens with one attached hydrogen (secondary N) is 1. The average molecular weight is 311 g/mol. The summed E-state index contributed by atoms with van der Waals surface area (Å²) in [6.45, 7) is 0. The minimum Gasteiger partial charge on any atom is -0.478 e. The van der Waals surface area contributed by atoms with E-state index in [9.17, 15) is 14.0 Å². The highest BCUT2D eigenvalue weighted by atomic mass is 32.2. The molecule has 0 spiro atoms. The van der Waals surface area contributed by atoms with E-state index < -0.39 is 5.97 Å². The van der Waals surface area contributed by atoms with Crippen molar-refractivity contribution >= 4 is 40.0 Å². The zero-order valence-electron chi connectivity index (χ0n) is 10.1. The first-order chi connectivity index (χ1) is 9.58. The van der Waals surface area contributed by atoms with Gasteiger partial charge in [-0.1, -0.05) is 12.1 Å². The molecule has 0 unspecified atom stereocenters. The lowest BCUT2D eigenvalue weighted by Crippen LogP contribution is -2.15. The number of halogens is 1. The van der Waals surface area contributed by atoms with E-state index in [0.29, 0.717) is 4.90 Å². The van der Waals surface area contributed by atoms with Crippen molar-refractivity contribution in [2.24, 2.45) is 0 Å². The lowest BCUT2D eigenvalue weighted by atomic mass is 10.3. The monoisotopic (exact) mass is 311 g/mol. The topological polar surface area (TPSA) is 66.4 Å². The van der Waals surface area contributed by atoms with E-state index >= 15 is 0 Å². The Labute approximate surface area is 122 Å². The molecule has 0 saturated heterocycles. The van der Waals surface area contributed by atoms with Crippen LogP contribution in [0.25, 0.3) is 0 Å². The smallest absolute Gasteiger partial charge is 0.338 e. The minimum absolute atomic E-state index is 0.0118. The molecule has 0 aliphatic carbocycles. The molecule has 0 bridgehead atoms. The number of carboxylic acids is 1. The second-order valence-corrected chi connectivity index (χ2v) is 5.67. The fraction of sp³-hybridized carbons (Fsp3) is 0.0769. The van der Waals surface area contributed by atoms with Crippen LogP contribution < -0.4 is 5.32 Å². The van der Waals surface area contributed by atoms with Crippen LogP contribution in [0.2, 0.25) is 0 Å². The summed E-state index contributed by atoms with van der Waals surface area (Å²) in [4.78, 5) is 23.0. The van der Waals surface area contributed by atoms with E-state index in [1.54, 1.807) is 23.6 Å². The number of hydrogen-bond donors (Lipinski definition) is 2. The number of amides is 1. The van der Waals surface area contributed by atoms with Crippen molar-refractivity contribution in [2.45, 2.75) is 4.90 Å². The summed E-state index contributed by atoms with van der Waals surface area (Å²) >= 11 is 2.20. The summed E-state index contributed by atoms with van der Waals surface area (Å²) < 4.78 is 13.4. The lowest BCUT2D eigenvalue weighted by Gasteiger charge is -2.05. The van der Waals surface area contributed by atoms with Crippen LogP contribution in [0.3, 0.4) is 0 Å². The van der Waals surface area contributed by atoms with Crippen LogP contribution in [0.4, 0.5) is 9.39 Å². The van der Waals surface area contributed by atoms with Gasteiger partial charge < -0.3 is 10.4 Å². The second kappa shape index (κ2) is 6.53. The third-order valence-electron chi connectivity index (χ3n) is 2.34. The Hall–Kier alpha value is -1.86. The number of carbonyl (C=O) groups is 2. The van der Waals surface area contributed by atoms with Crippen molar-refractivity contribution < 1.29 is 19.1 Å². The molecule has 0 aliphatic rings. The first-order valence-corrected chi connectivity index (χ1v) is 7.42. The van der Waals surface area contributed by atoms with Crippen molar-refractivity contribution in [2.75, 3.05) is 11.1 Å². The number of benzene rings is 1. The summed E-state index contributed by atoms with van der Waals surface area (Å²) in [7, 11) is 0. The Morgan fingerprint density at radius 1 is 1.30 bits per heavy atom. The van der Waals surface area contributed by atoms with Gasteiger partial charge in [-0.3, -0.25) is 4.79 Å². The second-order valence-electron chi connectivity index (χ2n) is 3.74. The highest BCUT2D eigenvalue weighted by Crippen LogP contribution is 2.25. The van der Waals surface area contributed by atoms with E-state index in [-0.39, 0.29) is 28.0 Å². The molecule has 0 atom stereocenters. The molecular weight excluding hydrogens is 301 g/mol. The van der Waals surface area contributed by atoms with Crippen molar-refractivity contribution in [1.82, 2.24) is 0 Å². The van der Waals surface area contributed by atoms with Crippen LogP contribution in [0.15, 0.2) is 40.6 Å². The minimum atomic E-state index is -1.09. The van der Waals surface area contributed by atoms with Gasteiger partial charge in [0.15, 0.2) is 0 Å². The van der Waals surface area contributed by atoms with Gasteiger partial charge in [-0.2, -0.15) is 0 Å². The first kappa shape index (κ1) is 14.5. The molecule has 0 aliphatic heterocycles. The predicted octanol–water partition coefficient (Wildman–Crippen LogP) is 3.32. The van der Waals surface area contributed by atoms with Gasteiger partial charge in [-0.05, 0) is 23.6 Å². The van der Waals surface area contributed by atoms with Crippen LogP contribution in [-0.2, 0) is 4.79 Å². The fourth-order valence-corrected chi connectivity index (χ4v) is 2.98. The molecule has 20 heavy (non-hydrogen) atoms. The SMILES string of the molecule is O=C(CSc1ccccc1F)Nc1sccc1C(=O)O. The summed E-state index contributed by atoms with van der Waals surface area (Å²) in [5.74, 6) is -1.84.